The number of nitrogens with zero attached hydrogens (tertiary/aromatic N) is 2. The Hall–Kier alpha value is -3.73. The van der Waals surface area contributed by atoms with E-state index in [2.05, 4.69) is 9.97 Å². The second-order valence-corrected chi connectivity index (χ2v) is 9.77. The third kappa shape index (κ3) is 4.58. The number of halogens is 1. The Bertz CT molecular complexity index is 1360. The Morgan fingerprint density at radius 2 is 1.70 bits per heavy atom. The standard InChI is InChI=1S/C22H24FN5O4S/c1-11-5-12(2)7-15(6-11)33(31,32)20-13(3)18(27-19(20)21(25)29)22(30)28(4)10-14-8-17(24)26-9-16(14)23/h5-9,27H,10H2,1-4H3,(H2,24,26)(H2,25,29). The van der Waals surface area contributed by atoms with Crippen LogP contribution in [0.3, 0.4) is 0 Å². The molecule has 174 valence electrons. The normalized spacial score (nSPS) is 11.4. The minimum atomic E-state index is -4.19. The number of rotatable bonds is 6. The summed E-state index contributed by atoms with van der Waals surface area (Å²) >= 11 is 0. The van der Waals surface area contributed by atoms with Crippen LogP contribution in [0.5, 0.6) is 0 Å². The first kappa shape index (κ1) is 23.9. The maximum absolute atomic E-state index is 14.1. The fourth-order valence-corrected chi connectivity index (χ4v) is 5.49. The molecule has 0 atom stereocenters. The molecule has 0 aliphatic heterocycles. The summed E-state index contributed by atoms with van der Waals surface area (Å²) in [6.07, 6.45) is 0.947. The van der Waals surface area contributed by atoms with E-state index in [0.29, 0.717) is 0 Å². The second kappa shape index (κ2) is 8.66. The first-order valence-corrected chi connectivity index (χ1v) is 11.3. The van der Waals surface area contributed by atoms with Crippen molar-refractivity contribution in [3.8, 4) is 0 Å². The highest BCUT2D eigenvalue weighted by Gasteiger charge is 2.33. The lowest BCUT2D eigenvalue weighted by Crippen LogP contribution is -2.28. The molecule has 3 rings (SSSR count). The molecule has 2 amide bonds. The van der Waals surface area contributed by atoms with Crippen LogP contribution in [0.1, 0.15) is 43.2 Å². The fourth-order valence-electron chi connectivity index (χ4n) is 3.64. The van der Waals surface area contributed by atoms with Crippen LogP contribution in [0.15, 0.2) is 40.3 Å². The van der Waals surface area contributed by atoms with Gasteiger partial charge in [0.2, 0.25) is 9.84 Å². The molecule has 0 unspecified atom stereocenters. The summed E-state index contributed by atoms with van der Waals surface area (Å²) in [5.74, 6) is -2.26. The average Bonchev–Trinajstić information content (AvgIpc) is 3.07. The van der Waals surface area contributed by atoms with E-state index >= 15 is 0 Å². The van der Waals surface area contributed by atoms with Crippen molar-refractivity contribution in [2.75, 3.05) is 12.8 Å². The Balaban J connectivity index is 2.08. The number of primary amides is 1. The summed E-state index contributed by atoms with van der Waals surface area (Å²) in [5.41, 5.74) is 12.1. The highest BCUT2D eigenvalue weighted by Crippen LogP contribution is 2.31. The summed E-state index contributed by atoms with van der Waals surface area (Å²) in [6, 6.07) is 6.06. The number of hydrogen-bond acceptors (Lipinski definition) is 6. The molecule has 2 aromatic heterocycles. The number of aryl methyl sites for hydroxylation is 2. The number of aromatic amines is 1. The van der Waals surface area contributed by atoms with E-state index in [9.17, 15) is 22.4 Å². The molecule has 5 N–H and O–H groups in total. The van der Waals surface area contributed by atoms with E-state index in [1.807, 2.05) is 6.07 Å². The number of H-pyrrole nitrogens is 1. The highest BCUT2D eigenvalue weighted by atomic mass is 32.2. The lowest BCUT2D eigenvalue weighted by Gasteiger charge is -2.17. The summed E-state index contributed by atoms with van der Waals surface area (Å²) in [7, 11) is -2.78. The maximum Gasteiger partial charge on any atom is 0.270 e. The van der Waals surface area contributed by atoms with E-state index in [0.717, 1.165) is 22.2 Å². The largest absolute Gasteiger partial charge is 0.384 e. The number of anilines is 1. The quantitative estimate of drug-likeness (QED) is 0.499. The van der Waals surface area contributed by atoms with Crippen LogP contribution in [0.25, 0.3) is 0 Å². The van der Waals surface area contributed by atoms with Gasteiger partial charge < -0.3 is 21.4 Å². The molecule has 33 heavy (non-hydrogen) atoms. The van der Waals surface area contributed by atoms with E-state index in [-0.39, 0.29) is 39.0 Å². The third-order valence-corrected chi connectivity index (χ3v) is 7.04. The predicted octanol–water partition coefficient (Wildman–Crippen LogP) is 2.26. The molecule has 0 aliphatic rings. The first-order valence-electron chi connectivity index (χ1n) is 9.84. The molecule has 0 bridgehead atoms. The van der Waals surface area contributed by atoms with Gasteiger partial charge in [-0.05, 0) is 55.7 Å². The third-order valence-electron chi connectivity index (χ3n) is 5.14. The van der Waals surface area contributed by atoms with Gasteiger partial charge in [0.1, 0.15) is 27.9 Å². The minimum Gasteiger partial charge on any atom is -0.384 e. The zero-order chi connectivity index (χ0) is 24.7. The molecule has 0 saturated heterocycles. The Morgan fingerprint density at radius 1 is 1.09 bits per heavy atom. The van der Waals surface area contributed by atoms with Gasteiger partial charge in [0.25, 0.3) is 11.8 Å². The average molecular weight is 474 g/mol. The number of carbonyl (C=O) groups excluding carboxylic acids is 2. The Morgan fingerprint density at radius 3 is 2.27 bits per heavy atom. The molecule has 0 aliphatic carbocycles. The van der Waals surface area contributed by atoms with Crippen molar-refractivity contribution in [1.82, 2.24) is 14.9 Å². The Kier molecular flexibility index (Phi) is 6.28. The molecule has 9 nitrogen and oxygen atoms in total. The number of nitrogen functional groups attached to an aromatic ring is 1. The molecule has 0 radical (unpaired) electrons. The SMILES string of the molecule is Cc1cc(C)cc(S(=O)(=O)c2c(C(N)=O)[nH]c(C(=O)N(C)Cc3cc(N)ncc3F)c2C)c1. The van der Waals surface area contributed by atoms with Gasteiger partial charge in [-0.15, -0.1) is 0 Å². The molecule has 0 fully saturated rings. The van der Waals surface area contributed by atoms with E-state index in [4.69, 9.17) is 11.5 Å². The number of hydrogen-bond donors (Lipinski definition) is 3. The number of nitrogens with one attached hydrogen (secondary N) is 1. The van der Waals surface area contributed by atoms with Crippen LogP contribution in [0, 0.1) is 26.6 Å². The number of sulfone groups is 1. The van der Waals surface area contributed by atoms with Gasteiger partial charge in [0.05, 0.1) is 11.1 Å². The van der Waals surface area contributed by atoms with E-state index in [1.54, 1.807) is 13.8 Å². The maximum atomic E-state index is 14.1. The molecule has 2 heterocycles. The fraction of sp³-hybridized carbons (Fsp3) is 0.227. The van der Waals surface area contributed by atoms with Crippen LogP contribution in [0.2, 0.25) is 0 Å². The van der Waals surface area contributed by atoms with Gasteiger partial charge in [0, 0.05) is 19.2 Å². The lowest BCUT2D eigenvalue weighted by atomic mass is 10.2. The first-order chi connectivity index (χ1) is 15.3. The van der Waals surface area contributed by atoms with Gasteiger partial charge >= 0.3 is 0 Å². The number of amides is 2. The molecule has 0 spiro atoms. The predicted molar refractivity (Wildman–Crippen MR) is 120 cm³/mol. The van der Waals surface area contributed by atoms with Gasteiger partial charge in [-0.1, -0.05) is 6.07 Å². The van der Waals surface area contributed by atoms with Crippen molar-refractivity contribution in [2.24, 2.45) is 5.73 Å². The van der Waals surface area contributed by atoms with Crippen LogP contribution in [-0.4, -0.2) is 42.1 Å². The van der Waals surface area contributed by atoms with Crippen LogP contribution < -0.4 is 11.5 Å². The number of nitrogens with two attached hydrogens (primary N) is 2. The van der Waals surface area contributed by atoms with Crippen LogP contribution >= 0.6 is 0 Å². The second-order valence-electron chi connectivity index (χ2n) is 7.88. The monoisotopic (exact) mass is 473 g/mol. The zero-order valence-corrected chi connectivity index (χ0v) is 19.4. The number of carbonyl (C=O) groups is 2. The molecule has 1 aromatic carbocycles. The Labute approximate surface area is 190 Å². The summed E-state index contributed by atoms with van der Waals surface area (Å²) in [4.78, 5) is 32.2. The minimum absolute atomic E-state index is 0.0220. The smallest absolute Gasteiger partial charge is 0.270 e. The van der Waals surface area contributed by atoms with Gasteiger partial charge in [-0.2, -0.15) is 0 Å². The summed E-state index contributed by atoms with van der Waals surface area (Å²) < 4.78 is 40.9. The molecule has 11 heteroatoms. The van der Waals surface area contributed by atoms with Crippen molar-refractivity contribution in [2.45, 2.75) is 37.1 Å². The van der Waals surface area contributed by atoms with Gasteiger partial charge in [-0.3, -0.25) is 9.59 Å². The topological polar surface area (TPSA) is 152 Å². The number of pyridine rings is 1. The summed E-state index contributed by atoms with van der Waals surface area (Å²) in [6.45, 7) is 4.74. The van der Waals surface area contributed by atoms with E-state index in [1.165, 1.54) is 32.2 Å². The number of benzene rings is 1. The summed E-state index contributed by atoms with van der Waals surface area (Å²) in [5, 5.41) is 0. The van der Waals surface area contributed by atoms with E-state index < -0.39 is 33.2 Å². The van der Waals surface area contributed by atoms with Crippen molar-refractivity contribution < 1.29 is 22.4 Å². The zero-order valence-electron chi connectivity index (χ0n) is 18.6. The van der Waals surface area contributed by atoms with Crippen LogP contribution in [0.4, 0.5) is 10.2 Å². The van der Waals surface area contributed by atoms with Crippen molar-refractivity contribution in [3.63, 3.8) is 0 Å². The molecule has 0 saturated carbocycles. The highest BCUT2D eigenvalue weighted by molar-refractivity contribution is 7.91. The van der Waals surface area contributed by atoms with Gasteiger partial charge in [0.15, 0.2) is 0 Å². The van der Waals surface area contributed by atoms with Crippen molar-refractivity contribution >= 4 is 27.5 Å². The van der Waals surface area contributed by atoms with Gasteiger partial charge in [-0.25, -0.2) is 17.8 Å². The molecule has 3 aromatic rings. The van der Waals surface area contributed by atoms with Crippen LogP contribution in [-0.2, 0) is 16.4 Å². The lowest BCUT2D eigenvalue weighted by molar-refractivity contribution is 0.0778. The molecular formula is C22H24FN5O4S. The number of aromatic nitrogens is 2. The van der Waals surface area contributed by atoms with Crippen molar-refractivity contribution in [1.29, 1.82) is 0 Å². The van der Waals surface area contributed by atoms with Crippen molar-refractivity contribution in [3.05, 3.63) is 69.9 Å². The molecular weight excluding hydrogens is 449 g/mol.